The third kappa shape index (κ3) is 3.53. The van der Waals surface area contributed by atoms with Crippen molar-refractivity contribution < 1.29 is 4.39 Å². The van der Waals surface area contributed by atoms with E-state index in [1.165, 1.54) is 5.56 Å². The fraction of sp³-hybridized carbons (Fsp3) is 0.600. The second-order valence-corrected chi connectivity index (χ2v) is 5.68. The predicted octanol–water partition coefficient (Wildman–Crippen LogP) is 2.44. The highest BCUT2D eigenvalue weighted by Crippen LogP contribution is 2.21. The lowest BCUT2D eigenvalue weighted by Crippen LogP contribution is -2.53. The summed E-state index contributed by atoms with van der Waals surface area (Å²) < 4.78 is 12.8. The monoisotopic (exact) mass is 250 g/mol. The van der Waals surface area contributed by atoms with Crippen LogP contribution in [-0.2, 0) is 6.42 Å². The zero-order valence-corrected chi connectivity index (χ0v) is 11.4. The topological polar surface area (TPSA) is 15.3 Å². The van der Waals surface area contributed by atoms with Crippen LogP contribution in [0.5, 0.6) is 0 Å². The Morgan fingerprint density at radius 2 is 1.78 bits per heavy atom. The van der Waals surface area contributed by atoms with E-state index in [0.29, 0.717) is 0 Å². The van der Waals surface area contributed by atoms with Crippen LogP contribution in [-0.4, -0.2) is 36.6 Å². The number of nitrogens with one attached hydrogen (secondary N) is 1. The van der Waals surface area contributed by atoms with Crippen molar-refractivity contribution in [1.82, 2.24) is 10.2 Å². The molecule has 0 aliphatic carbocycles. The summed E-state index contributed by atoms with van der Waals surface area (Å²) in [5.41, 5.74) is 1.44. The van der Waals surface area contributed by atoms with E-state index < -0.39 is 0 Å². The van der Waals surface area contributed by atoms with Gasteiger partial charge in [0.2, 0.25) is 0 Å². The molecule has 0 amide bonds. The number of benzene rings is 1. The average molecular weight is 250 g/mol. The number of halogens is 1. The van der Waals surface area contributed by atoms with Crippen molar-refractivity contribution >= 4 is 0 Å². The van der Waals surface area contributed by atoms with E-state index in [1.54, 1.807) is 12.1 Å². The van der Waals surface area contributed by atoms with Gasteiger partial charge in [0.15, 0.2) is 0 Å². The molecule has 0 bridgehead atoms. The first-order chi connectivity index (χ1) is 8.58. The molecule has 2 nitrogen and oxygen atoms in total. The van der Waals surface area contributed by atoms with E-state index >= 15 is 0 Å². The Labute approximate surface area is 109 Å². The Morgan fingerprint density at radius 1 is 1.17 bits per heavy atom. The number of hydrogen-bond acceptors (Lipinski definition) is 2. The summed E-state index contributed by atoms with van der Waals surface area (Å²) in [6.45, 7) is 9.02. The molecule has 1 saturated heterocycles. The lowest BCUT2D eigenvalue weighted by Gasteiger charge is -2.41. The number of piperazine rings is 1. The van der Waals surface area contributed by atoms with Crippen LogP contribution in [0.2, 0.25) is 0 Å². The second kappa shape index (κ2) is 5.81. The Hall–Kier alpha value is -0.930. The van der Waals surface area contributed by atoms with Gasteiger partial charge in [0.05, 0.1) is 0 Å². The molecule has 1 aromatic carbocycles. The minimum atomic E-state index is -0.153. The van der Waals surface area contributed by atoms with Crippen molar-refractivity contribution in [2.24, 2.45) is 0 Å². The van der Waals surface area contributed by atoms with Gasteiger partial charge in [0, 0.05) is 31.7 Å². The molecule has 3 heteroatoms. The van der Waals surface area contributed by atoms with Gasteiger partial charge in [-0.25, -0.2) is 4.39 Å². The first kappa shape index (κ1) is 13.5. The minimum Gasteiger partial charge on any atom is -0.314 e. The lowest BCUT2D eigenvalue weighted by molar-refractivity contribution is 0.0959. The van der Waals surface area contributed by atoms with E-state index in [2.05, 4.69) is 24.1 Å². The molecule has 0 radical (unpaired) electrons. The average Bonchev–Trinajstić information content (AvgIpc) is 2.39. The van der Waals surface area contributed by atoms with Crippen molar-refractivity contribution in [3.63, 3.8) is 0 Å². The molecule has 1 aliphatic heterocycles. The second-order valence-electron chi connectivity index (χ2n) is 5.68. The Morgan fingerprint density at radius 3 is 2.39 bits per heavy atom. The maximum atomic E-state index is 12.8. The summed E-state index contributed by atoms with van der Waals surface area (Å²) in [5, 5.41) is 3.38. The Bertz CT molecular complexity index is 367. The van der Waals surface area contributed by atoms with Gasteiger partial charge in [0.25, 0.3) is 0 Å². The number of nitrogens with zero attached hydrogens (tertiary/aromatic N) is 1. The van der Waals surface area contributed by atoms with Crippen molar-refractivity contribution in [2.75, 3.05) is 26.2 Å². The molecule has 0 unspecified atom stereocenters. The Balaban J connectivity index is 1.89. The molecule has 1 aromatic rings. The van der Waals surface area contributed by atoms with Gasteiger partial charge in [-0.1, -0.05) is 12.1 Å². The van der Waals surface area contributed by atoms with Crippen molar-refractivity contribution in [3.05, 3.63) is 35.6 Å². The van der Waals surface area contributed by atoms with Crippen LogP contribution >= 0.6 is 0 Å². The van der Waals surface area contributed by atoms with Crippen LogP contribution in [0.4, 0.5) is 4.39 Å². The molecular weight excluding hydrogens is 227 g/mol. The lowest BCUT2D eigenvalue weighted by atomic mass is 9.93. The van der Waals surface area contributed by atoms with Gasteiger partial charge in [-0.15, -0.1) is 0 Å². The zero-order chi connectivity index (χ0) is 13.0. The van der Waals surface area contributed by atoms with E-state index in [0.717, 1.165) is 39.0 Å². The number of rotatable bonds is 4. The van der Waals surface area contributed by atoms with Crippen LogP contribution in [0.25, 0.3) is 0 Å². The summed E-state index contributed by atoms with van der Waals surface area (Å²) in [5.74, 6) is -0.153. The summed E-state index contributed by atoms with van der Waals surface area (Å²) in [6.07, 6.45) is 2.12. The fourth-order valence-electron chi connectivity index (χ4n) is 2.53. The van der Waals surface area contributed by atoms with Crippen LogP contribution in [0.15, 0.2) is 24.3 Å². The Kier molecular flexibility index (Phi) is 4.36. The minimum absolute atomic E-state index is 0.153. The predicted molar refractivity (Wildman–Crippen MR) is 73.2 cm³/mol. The molecule has 0 aromatic heterocycles. The van der Waals surface area contributed by atoms with Crippen molar-refractivity contribution in [1.29, 1.82) is 0 Å². The highest BCUT2D eigenvalue weighted by molar-refractivity contribution is 5.16. The maximum absolute atomic E-state index is 12.8. The number of aryl methyl sites for hydroxylation is 1. The van der Waals surface area contributed by atoms with Crippen LogP contribution < -0.4 is 5.32 Å². The molecule has 100 valence electrons. The molecule has 1 N–H and O–H groups in total. The molecule has 18 heavy (non-hydrogen) atoms. The molecule has 2 rings (SSSR count). The quantitative estimate of drug-likeness (QED) is 0.883. The molecule has 0 saturated carbocycles. The molecule has 1 heterocycles. The van der Waals surface area contributed by atoms with E-state index in [9.17, 15) is 4.39 Å². The molecule has 0 atom stereocenters. The molecule has 0 spiro atoms. The highest BCUT2D eigenvalue weighted by atomic mass is 19.1. The highest BCUT2D eigenvalue weighted by Gasteiger charge is 2.27. The normalized spacial score (nSPS) is 17.9. The van der Waals surface area contributed by atoms with E-state index in [4.69, 9.17) is 0 Å². The van der Waals surface area contributed by atoms with E-state index in [-0.39, 0.29) is 11.4 Å². The third-order valence-electron chi connectivity index (χ3n) is 3.91. The smallest absolute Gasteiger partial charge is 0.123 e. The summed E-state index contributed by atoms with van der Waals surface area (Å²) in [7, 11) is 0. The molecule has 1 aliphatic rings. The van der Waals surface area contributed by atoms with Crippen LogP contribution in [0.3, 0.4) is 0 Å². The summed E-state index contributed by atoms with van der Waals surface area (Å²) in [4.78, 5) is 2.55. The maximum Gasteiger partial charge on any atom is 0.123 e. The van der Waals surface area contributed by atoms with Crippen molar-refractivity contribution in [3.8, 4) is 0 Å². The van der Waals surface area contributed by atoms with Gasteiger partial charge in [0.1, 0.15) is 5.82 Å². The first-order valence-corrected chi connectivity index (χ1v) is 6.78. The van der Waals surface area contributed by atoms with Crippen LogP contribution in [0.1, 0.15) is 25.8 Å². The van der Waals surface area contributed by atoms with Crippen LogP contribution in [0, 0.1) is 5.82 Å². The standard InChI is InChI=1S/C15H23FN2/c1-15(2,18-11-9-17-10-12-18)8-7-13-3-5-14(16)6-4-13/h3-6,17H,7-12H2,1-2H3. The fourth-order valence-corrected chi connectivity index (χ4v) is 2.53. The summed E-state index contributed by atoms with van der Waals surface area (Å²) in [6, 6.07) is 6.88. The largest absolute Gasteiger partial charge is 0.314 e. The molecule has 1 fully saturated rings. The van der Waals surface area contributed by atoms with Crippen molar-refractivity contribution in [2.45, 2.75) is 32.2 Å². The first-order valence-electron chi connectivity index (χ1n) is 6.78. The van der Waals surface area contributed by atoms with E-state index in [1.807, 2.05) is 12.1 Å². The zero-order valence-electron chi connectivity index (χ0n) is 11.4. The van der Waals surface area contributed by atoms with Gasteiger partial charge < -0.3 is 5.32 Å². The van der Waals surface area contributed by atoms with Gasteiger partial charge in [-0.05, 0) is 44.4 Å². The van der Waals surface area contributed by atoms with Gasteiger partial charge in [-0.3, -0.25) is 4.90 Å². The summed E-state index contributed by atoms with van der Waals surface area (Å²) >= 11 is 0. The van der Waals surface area contributed by atoms with Gasteiger partial charge in [-0.2, -0.15) is 0 Å². The number of hydrogen-bond donors (Lipinski definition) is 1. The molecular formula is C15H23FN2. The van der Waals surface area contributed by atoms with Gasteiger partial charge >= 0.3 is 0 Å². The third-order valence-corrected chi connectivity index (χ3v) is 3.91. The SMILES string of the molecule is CC(C)(CCc1ccc(F)cc1)N1CCNCC1.